The Morgan fingerprint density at radius 1 is 1.25 bits per heavy atom. The van der Waals surface area contributed by atoms with Crippen molar-refractivity contribution in [1.82, 2.24) is 9.97 Å². The molecule has 3 rings (SSSR count). The fourth-order valence-electron chi connectivity index (χ4n) is 2.52. The molecule has 0 aliphatic heterocycles. The van der Waals surface area contributed by atoms with Crippen LogP contribution in [0.4, 0.5) is 27.4 Å². The van der Waals surface area contributed by atoms with E-state index < -0.39 is 11.4 Å². The summed E-state index contributed by atoms with van der Waals surface area (Å²) in [6, 6.07) is 8.42. The largest absolute Gasteiger partial charge is 0.363 e. The maximum Gasteiger partial charge on any atom is 0.324 e. The molecular weight excluding hydrogens is 385 g/mol. The van der Waals surface area contributed by atoms with E-state index in [1.54, 1.807) is 12.1 Å². The molecule has 1 aromatic carbocycles. The SMILES string of the molecule is [C-]#[N+]c1[nH]c(=O)c(-c2cc(Cl)ccc2F)cc1Nc1ccnc(NC(C)=O)c1. The number of H-pyrrole nitrogens is 1. The van der Waals surface area contributed by atoms with Crippen molar-refractivity contribution in [1.29, 1.82) is 0 Å². The lowest BCUT2D eigenvalue weighted by molar-refractivity contribution is -0.114. The number of halogens is 2. The minimum absolute atomic E-state index is 0.0157. The highest BCUT2D eigenvalue weighted by molar-refractivity contribution is 6.30. The van der Waals surface area contributed by atoms with E-state index in [4.69, 9.17) is 18.2 Å². The summed E-state index contributed by atoms with van der Waals surface area (Å²) < 4.78 is 14.2. The molecule has 3 aromatic rings. The first-order valence-corrected chi connectivity index (χ1v) is 8.36. The van der Waals surface area contributed by atoms with Crippen LogP contribution in [0.2, 0.25) is 5.02 Å². The maximum atomic E-state index is 14.2. The second-order valence-corrected chi connectivity index (χ2v) is 6.18. The molecule has 1 amide bonds. The number of pyridine rings is 2. The molecule has 0 saturated carbocycles. The van der Waals surface area contributed by atoms with Crippen LogP contribution in [-0.4, -0.2) is 15.9 Å². The summed E-state index contributed by atoms with van der Waals surface area (Å²) in [5.41, 5.74) is 0.177. The lowest BCUT2D eigenvalue weighted by Gasteiger charge is -2.12. The average Bonchev–Trinajstić information content (AvgIpc) is 2.64. The predicted molar refractivity (Wildman–Crippen MR) is 106 cm³/mol. The molecule has 3 N–H and O–H groups in total. The number of carbonyl (C=O) groups excluding carboxylic acids is 1. The number of aromatic nitrogens is 2. The number of carbonyl (C=O) groups is 1. The summed E-state index contributed by atoms with van der Waals surface area (Å²) >= 11 is 5.92. The van der Waals surface area contributed by atoms with Gasteiger partial charge in [0.1, 0.15) is 11.6 Å². The van der Waals surface area contributed by atoms with Crippen LogP contribution in [0.5, 0.6) is 0 Å². The van der Waals surface area contributed by atoms with Gasteiger partial charge in [0.25, 0.3) is 5.82 Å². The number of amides is 1. The van der Waals surface area contributed by atoms with Gasteiger partial charge in [-0.05, 0) is 30.3 Å². The molecule has 9 heteroatoms. The molecule has 140 valence electrons. The van der Waals surface area contributed by atoms with E-state index in [0.29, 0.717) is 11.5 Å². The molecule has 0 unspecified atom stereocenters. The molecule has 2 aromatic heterocycles. The smallest absolute Gasteiger partial charge is 0.324 e. The van der Waals surface area contributed by atoms with Crippen molar-refractivity contribution in [3.63, 3.8) is 0 Å². The first kappa shape index (κ1) is 19.1. The van der Waals surface area contributed by atoms with Gasteiger partial charge < -0.3 is 15.5 Å². The maximum absolute atomic E-state index is 14.2. The van der Waals surface area contributed by atoms with Gasteiger partial charge in [0, 0.05) is 35.5 Å². The molecule has 0 aliphatic carbocycles. The highest BCUT2D eigenvalue weighted by atomic mass is 35.5. The summed E-state index contributed by atoms with van der Waals surface area (Å²) in [6.07, 6.45) is 1.47. The minimum Gasteiger partial charge on any atom is -0.363 e. The first-order chi connectivity index (χ1) is 13.4. The van der Waals surface area contributed by atoms with Crippen LogP contribution >= 0.6 is 11.6 Å². The van der Waals surface area contributed by atoms with Gasteiger partial charge in [-0.25, -0.2) is 14.2 Å². The van der Waals surface area contributed by atoms with Gasteiger partial charge in [-0.3, -0.25) is 9.78 Å². The summed E-state index contributed by atoms with van der Waals surface area (Å²) in [6.45, 7) is 8.64. The standard InChI is InChI=1S/C19H13ClFN5O2/c1-10(27)24-17-8-12(5-6-23-17)25-16-9-14(19(28)26-18(16)22-2)13-7-11(20)3-4-15(13)21/h3-9H,1H3,(H,26,28)(H2,23,24,25,27). The summed E-state index contributed by atoms with van der Waals surface area (Å²) in [7, 11) is 0. The lowest BCUT2D eigenvalue weighted by Crippen LogP contribution is -2.11. The van der Waals surface area contributed by atoms with Gasteiger partial charge in [0.2, 0.25) is 5.91 Å². The van der Waals surface area contributed by atoms with Gasteiger partial charge in [0.05, 0.1) is 11.3 Å². The van der Waals surface area contributed by atoms with Crippen molar-refractivity contribution in [3.05, 3.63) is 75.2 Å². The van der Waals surface area contributed by atoms with E-state index in [1.165, 1.54) is 31.3 Å². The van der Waals surface area contributed by atoms with Crippen molar-refractivity contribution < 1.29 is 9.18 Å². The molecule has 0 radical (unpaired) electrons. The second-order valence-electron chi connectivity index (χ2n) is 5.75. The Labute approximate surface area is 164 Å². The third kappa shape index (κ3) is 4.16. The average molecular weight is 398 g/mol. The van der Waals surface area contributed by atoms with Crippen LogP contribution in [0.15, 0.2) is 47.4 Å². The van der Waals surface area contributed by atoms with Crippen molar-refractivity contribution in [2.75, 3.05) is 10.6 Å². The molecule has 2 heterocycles. The molecule has 0 saturated heterocycles. The quantitative estimate of drug-likeness (QED) is 0.566. The zero-order valence-electron chi connectivity index (χ0n) is 14.5. The molecule has 0 bridgehead atoms. The van der Waals surface area contributed by atoms with Gasteiger partial charge in [-0.15, -0.1) is 0 Å². The van der Waals surface area contributed by atoms with Crippen molar-refractivity contribution in [3.8, 4) is 11.1 Å². The minimum atomic E-state index is -0.619. The van der Waals surface area contributed by atoms with E-state index in [9.17, 15) is 14.0 Å². The Morgan fingerprint density at radius 3 is 2.75 bits per heavy atom. The summed E-state index contributed by atoms with van der Waals surface area (Å²) in [5.74, 6) is -0.635. The topological polar surface area (TPSA) is 91.2 Å². The Kier molecular flexibility index (Phi) is 5.38. The van der Waals surface area contributed by atoms with E-state index in [1.807, 2.05) is 0 Å². The van der Waals surface area contributed by atoms with E-state index in [2.05, 4.69) is 25.4 Å². The number of nitrogens with zero attached hydrogens (tertiary/aromatic N) is 2. The lowest BCUT2D eigenvalue weighted by atomic mass is 10.1. The molecule has 7 nitrogen and oxygen atoms in total. The number of hydrogen-bond donors (Lipinski definition) is 3. The highest BCUT2D eigenvalue weighted by Gasteiger charge is 2.15. The molecule has 0 spiro atoms. The third-order valence-corrected chi connectivity index (χ3v) is 3.93. The number of anilines is 3. The van der Waals surface area contributed by atoms with Gasteiger partial charge in [-0.1, -0.05) is 18.2 Å². The van der Waals surface area contributed by atoms with Gasteiger partial charge in [-0.2, -0.15) is 0 Å². The van der Waals surface area contributed by atoms with E-state index in [0.717, 1.165) is 6.07 Å². The van der Waals surface area contributed by atoms with Crippen molar-refractivity contribution >= 4 is 40.5 Å². The number of hydrogen-bond acceptors (Lipinski definition) is 4. The van der Waals surface area contributed by atoms with Crippen LogP contribution < -0.4 is 16.2 Å². The first-order valence-electron chi connectivity index (χ1n) is 7.98. The zero-order chi connectivity index (χ0) is 20.3. The number of rotatable bonds is 4. The molecular formula is C19H13ClFN5O2. The predicted octanol–water partition coefficient (Wildman–Crippen LogP) is 4.48. The number of benzene rings is 1. The number of nitrogens with one attached hydrogen (secondary N) is 3. The summed E-state index contributed by atoms with van der Waals surface area (Å²) in [5, 5.41) is 5.80. The second kappa shape index (κ2) is 7.90. The fraction of sp³-hybridized carbons (Fsp3) is 0.0526. The fourth-order valence-corrected chi connectivity index (χ4v) is 2.69. The van der Waals surface area contributed by atoms with E-state index >= 15 is 0 Å². The van der Waals surface area contributed by atoms with Crippen LogP contribution in [0.1, 0.15) is 6.92 Å². The Morgan fingerprint density at radius 2 is 2.04 bits per heavy atom. The van der Waals surface area contributed by atoms with Crippen molar-refractivity contribution in [2.45, 2.75) is 6.92 Å². The van der Waals surface area contributed by atoms with Gasteiger partial charge in [0.15, 0.2) is 0 Å². The highest BCUT2D eigenvalue weighted by Crippen LogP contribution is 2.31. The molecule has 0 fully saturated rings. The summed E-state index contributed by atoms with van der Waals surface area (Å²) in [4.78, 5) is 33.3. The van der Waals surface area contributed by atoms with Crippen LogP contribution in [0, 0.1) is 12.4 Å². The van der Waals surface area contributed by atoms with E-state index in [-0.39, 0.29) is 33.6 Å². The Hall–Kier alpha value is -3.70. The Balaban J connectivity index is 2.06. The van der Waals surface area contributed by atoms with Crippen LogP contribution in [-0.2, 0) is 4.79 Å². The molecule has 0 atom stereocenters. The normalized spacial score (nSPS) is 10.2. The Bertz CT molecular complexity index is 1170. The molecule has 28 heavy (non-hydrogen) atoms. The van der Waals surface area contributed by atoms with Crippen molar-refractivity contribution in [2.24, 2.45) is 0 Å². The van der Waals surface area contributed by atoms with Crippen LogP contribution in [0.3, 0.4) is 0 Å². The molecule has 0 aliphatic rings. The van der Waals surface area contributed by atoms with Crippen LogP contribution in [0.25, 0.3) is 16.0 Å². The monoisotopic (exact) mass is 397 g/mol. The number of aromatic amines is 1. The van der Waals surface area contributed by atoms with Gasteiger partial charge >= 0.3 is 5.56 Å². The zero-order valence-corrected chi connectivity index (χ0v) is 15.3. The third-order valence-electron chi connectivity index (χ3n) is 3.69.